The number of benzene rings is 2. The number of ketones is 1. The number of carboxylic acid groups (broad SMARTS) is 1. The van der Waals surface area contributed by atoms with Gasteiger partial charge in [0.2, 0.25) is 0 Å². The van der Waals surface area contributed by atoms with Crippen LogP contribution in [0.5, 0.6) is 5.75 Å². The fourth-order valence-electron chi connectivity index (χ4n) is 3.53. The van der Waals surface area contributed by atoms with E-state index < -0.39 is 5.97 Å². The fourth-order valence-corrected chi connectivity index (χ4v) is 4.62. The topological polar surface area (TPSA) is 103 Å². The number of aromatic carboxylic acids is 1. The van der Waals surface area contributed by atoms with Gasteiger partial charge in [-0.05, 0) is 56.0 Å². The molecule has 1 aromatic heterocycles. The number of fused-ring (bicyclic) bond motifs is 1. The largest absolute Gasteiger partial charge is 0.475 e. The molecule has 0 saturated carbocycles. The number of nitrogen functional groups attached to an aromatic ring is 1. The van der Waals surface area contributed by atoms with Crippen molar-refractivity contribution in [2.45, 2.75) is 57.3 Å². The normalized spacial score (nSPS) is 12.1. The van der Waals surface area contributed by atoms with Crippen LogP contribution in [0.4, 0.5) is 5.69 Å². The molecule has 0 spiro atoms. The van der Waals surface area contributed by atoms with Crippen molar-refractivity contribution >= 4 is 40.2 Å². The molecule has 31 heavy (non-hydrogen) atoms. The average Bonchev–Trinajstić information content (AvgIpc) is 3.10. The zero-order valence-corrected chi connectivity index (χ0v) is 19.0. The summed E-state index contributed by atoms with van der Waals surface area (Å²) in [6.07, 6.45) is 2.24. The predicted octanol–water partition coefficient (Wildman–Crippen LogP) is 6.08. The van der Waals surface area contributed by atoms with E-state index in [1.807, 2.05) is 32.0 Å². The Bertz CT molecular complexity index is 1130. The number of Topliss-reactive ketones (excluding diaryl/α,β-unsaturated/α-hetero) is 1. The number of hydrogen-bond donors (Lipinski definition) is 2. The molecule has 0 radical (unpaired) electrons. The predicted molar refractivity (Wildman–Crippen MR) is 123 cm³/mol. The Morgan fingerprint density at radius 1 is 1.23 bits per heavy atom. The SMILES string of the molecule is CCCc1c(SC(CC)Oc2c(C(=O)O)oc3c(C)cccc23)ccc(C(C)=O)c1N. The Hall–Kier alpha value is -2.93. The van der Waals surface area contributed by atoms with Crippen molar-refractivity contribution in [3.05, 3.63) is 52.8 Å². The van der Waals surface area contributed by atoms with E-state index in [0.717, 1.165) is 28.9 Å². The summed E-state index contributed by atoms with van der Waals surface area (Å²) in [5, 5.41) is 10.3. The van der Waals surface area contributed by atoms with E-state index in [2.05, 4.69) is 6.92 Å². The van der Waals surface area contributed by atoms with Gasteiger partial charge in [-0.2, -0.15) is 0 Å². The van der Waals surface area contributed by atoms with Crippen LogP contribution in [0.15, 0.2) is 39.6 Å². The van der Waals surface area contributed by atoms with E-state index in [0.29, 0.717) is 28.6 Å². The Morgan fingerprint density at radius 3 is 2.58 bits per heavy atom. The van der Waals surface area contributed by atoms with Crippen LogP contribution in [0, 0.1) is 6.92 Å². The molecule has 0 saturated heterocycles. The number of carbonyl (C=O) groups is 2. The number of furan rings is 1. The van der Waals surface area contributed by atoms with Crippen LogP contribution < -0.4 is 10.5 Å². The number of carbonyl (C=O) groups excluding carboxylic acids is 1. The number of thioether (sulfide) groups is 1. The summed E-state index contributed by atoms with van der Waals surface area (Å²) in [5.41, 5.74) is 9.25. The van der Waals surface area contributed by atoms with Crippen LogP contribution in [0.3, 0.4) is 0 Å². The molecule has 164 valence electrons. The van der Waals surface area contributed by atoms with Crippen LogP contribution >= 0.6 is 11.8 Å². The van der Waals surface area contributed by atoms with Gasteiger partial charge in [0.15, 0.2) is 11.5 Å². The van der Waals surface area contributed by atoms with Gasteiger partial charge in [-0.1, -0.05) is 44.2 Å². The quantitative estimate of drug-likeness (QED) is 0.179. The smallest absolute Gasteiger partial charge is 0.375 e. The lowest BCUT2D eigenvalue weighted by Crippen LogP contribution is -2.14. The molecule has 0 fully saturated rings. The molecule has 3 aromatic rings. The Morgan fingerprint density at radius 2 is 1.97 bits per heavy atom. The molecule has 0 aliphatic rings. The van der Waals surface area contributed by atoms with Gasteiger partial charge in [0.25, 0.3) is 5.76 Å². The van der Waals surface area contributed by atoms with Gasteiger partial charge < -0.3 is 20.0 Å². The first-order valence-corrected chi connectivity index (χ1v) is 11.2. The summed E-state index contributed by atoms with van der Waals surface area (Å²) in [7, 11) is 0. The molecule has 0 aliphatic heterocycles. The van der Waals surface area contributed by atoms with E-state index in [1.165, 1.54) is 18.7 Å². The minimum Gasteiger partial charge on any atom is -0.475 e. The molecular formula is C24H27NO5S. The maximum atomic E-state index is 11.9. The second-order valence-electron chi connectivity index (χ2n) is 7.40. The standard InChI is InChI=1S/C24H27NO5S/c1-5-8-16-18(12-11-15(14(4)26)20(16)25)31-19(6-2)29-22-17-10-7-9-13(3)21(17)30-23(22)24(27)28/h7,9-12,19H,5-6,8,25H2,1-4H3,(H,27,28). The lowest BCUT2D eigenvalue weighted by molar-refractivity contribution is 0.0657. The van der Waals surface area contributed by atoms with Gasteiger partial charge in [0.1, 0.15) is 11.0 Å². The number of nitrogens with two attached hydrogens (primary N) is 1. The highest BCUT2D eigenvalue weighted by Gasteiger charge is 2.26. The lowest BCUT2D eigenvalue weighted by Gasteiger charge is -2.20. The molecule has 1 unspecified atom stereocenters. The van der Waals surface area contributed by atoms with Crippen molar-refractivity contribution in [3.8, 4) is 5.75 Å². The van der Waals surface area contributed by atoms with Crippen LogP contribution in [0.25, 0.3) is 11.0 Å². The number of aryl methyl sites for hydroxylation is 1. The zero-order chi connectivity index (χ0) is 22.7. The molecule has 1 atom stereocenters. The van der Waals surface area contributed by atoms with Crippen LogP contribution in [-0.4, -0.2) is 22.3 Å². The van der Waals surface area contributed by atoms with Crippen molar-refractivity contribution in [1.82, 2.24) is 0 Å². The van der Waals surface area contributed by atoms with Gasteiger partial charge in [-0.25, -0.2) is 4.79 Å². The first-order chi connectivity index (χ1) is 14.8. The van der Waals surface area contributed by atoms with E-state index in [1.54, 1.807) is 12.1 Å². The summed E-state index contributed by atoms with van der Waals surface area (Å²) in [4.78, 5) is 24.6. The number of ether oxygens (including phenoxy) is 1. The highest BCUT2D eigenvalue weighted by molar-refractivity contribution is 7.99. The lowest BCUT2D eigenvalue weighted by atomic mass is 10.0. The average molecular weight is 442 g/mol. The highest BCUT2D eigenvalue weighted by atomic mass is 32.2. The molecular weight excluding hydrogens is 414 g/mol. The molecule has 7 heteroatoms. The van der Waals surface area contributed by atoms with Crippen LogP contribution in [-0.2, 0) is 6.42 Å². The van der Waals surface area contributed by atoms with Crippen molar-refractivity contribution in [3.63, 3.8) is 0 Å². The summed E-state index contributed by atoms with van der Waals surface area (Å²) >= 11 is 1.47. The third kappa shape index (κ3) is 4.56. The summed E-state index contributed by atoms with van der Waals surface area (Å²) in [5.74, 6) is -1.22. The summed E-state index contributed by atoms with van der Waals surface area (Å²) < 4.78 is 11.8. The minimum absolute atomic E-state index is 0.0685. The van der Waals surface area contributed by atoms with Crippen LogP contribution in [0.1, 0.15) is 65.7 Å². The van der Waals surface area contributed by atoms with Crippen molar-refractivity contribution < 1.29 is 23.8 Å². The fraction of sp³-hybridized carbons (Fsp3) is 0.333. The van der Waals surface area contributed by atoms with E-state index in [-0.39, 0.29) is 22.7 Å². The molecule has 1 heterocycles. The molecule has 3 N–H and O–H groups in total. The number of anilines is 1. The van der Waals surface area contributed by atoms with Crippen molar-refractivity contribution in [2.75, 3.05) is 5.73 Å². The molecule has 6 nitrogen and oxygen atoms in total. The second kappa shape index (κ2) is 9.47. The number of carboxylic acids is 1. The third-order valence-electron chi connectivity index (χ3n) is 5.10. The number of para-hydroxylation sites is 1. The van der Waals surface area contributed by atoms with E-state index in [9.17, 15) is 14.7 Å². The first kappa shape index (κ1) is 22.7. The maximum absolute atomic E-state index is 11.9. The molecule has 0 bridgehead atoms. The maximum Gasteiger partial charge on any atom is 0.375 e. The Labute approximate surface area is 185 Å². The molecule has 0 amide bonds. The minimum atomic E-state index is -1.17. The Balaban J connectivity index is 1.99. The summed E-state index contributed by atoms with van der Waals surface area (Å²) in [6.45, 7) is 7.40. The van der Waals surface area contributed by atoms with Crippen LogP contribution in [0.2, 0.25) is 0 Å². The van der Waals surface area contributed by atoms with Crippen molar-refractivity contribution in [1.29, 1.82) is 0 Å². The number of rotatable bonds is 9. The molecule has 0 aliphatic carbocycles. The molecule has 3 rings (SSSR count). The van der Waals surface area contributed by atoms with Gasteiger partial charge in [0.05, 0.1) is 5.39 Å². The number of hydrogen-bond acceptors (Lipinski definition) is 6. The monoisotopic (exact) mass is 441 g/mol. The van der Waals surface area contributed by atoms with Gasteiger partial charge in [0, 0.05) is 16.1 Å². The highest BCUT2D eigenvalue weighted by Crippen LogP contribution is 2.40. The second-order valence-corrected chi connectivity index (χ2v) is 8.60. The molecule has 2 aromatic carbocycles. The van der Waals surface area contributed by atoms with Gasteiger partial charge in [-0.3, -0.25) is 4.79 Å². The first-order valence-electron chi connectivity index (χ1n) is 10.3. The Kier molecular flexibility index (Phi) is 6.95. The van der Waals surface area contributed by atoms with E-state index >= 15 is 0 Å². The van der Waals surface area contributed by atoms with Gasteiger partial charge in [-0.15, -0.1) is 0 Å². The van der Waals surface area contributed by atoms with Gasteiger partial charge >= 0.3 is 5.97 Å². The zero-order valence-electron chi connectivity index (χ0n) is 18.2. The summed E-state index contributed by atoms with van der Waals surface area (Å²) in [6, 6.07) is 9.15. The third-order valence-corrected chi connectivity index (χ3v) is 6.42. The van der Waals surface area contributed by atoms with Crippen molar-refractivity contribution in [2.24, 2.45) is 0 Å². The van der Waals surface area contributed by atoms with E-state index in [4.69, 9.17) is 14.9 Å².